The molecular formula is C17H27BrN2O2. The molecule has 0 aliphatic carbocycles. The highest BCUT2D eigenvalue weighted by Gasteiger charge is 2.20. The summed E-state index contributed by atoms with van der Waals surface area (Å²) in [4.78, 5) is 13.5. The number of nitrogens with zero attached hydrogens (tertiary/aromatic N) is 1. The van der Waals surface area contributed by atoms with Gasteiger partial charge in [0.15, 0.2) is 0 Å². The van der Waals surface area contributed by atoms with E-state index in [4.69, 9.17) is 4.74 Å². The summed E-state index contributed by atoms with van der Waals surface area (Å²) in [7, 11) is 1.78. The lowest BCUT2D eigenvalue weighted by molar-refractivity contribution is 0.0277. The van der Waals surface area contributed by atoms with Gasteiger partial charge in [0.05, 0.1) is 0 Å². The van der Waals surface area contributed by atoms with Gasteiger partial charge in [-0.05, 0) is 50.9 Å². The summed E-state index contributed by atoms with van der Waals surface area (Å²) in [6.07, 6.45) is -0.272. The Hall–Kier alpha value is -1.07. The third-order valence-corrected chi connectivity index (χ3v) is 3.49. The summed E-state index contributed by atoms with van der Waals surface area (Å²) in [6, 6.07) is 8.24. The van der Waals surface area contributed by atoms with Crippen LogP contribution in [0, 0.1) is 5.92 Å². The number of hydrogen-bond donors (Lipinski definition) is 1. The molecule has 0 saturated heterocycles. The zero-order valence-electron chi connectivity index (χ0n) is 14.1. The lowest BCUT2D eigenvalue weighted by atomic mass is 10.1. The highest BCUT2D eigenvalue weighted by atomic mass is 79.9. The monoisotopic (exact) mass is 370 g/mol. The van der Waals surface area contributed by atoms with Crippen LogP contribution in [-0.2, 0) is 11.3 Å². The molecule has 0 bridgehead atoms. The molecule has 1 aromatic rings. The van der Waals surface area contributed by atoms with Crippen LogP contribution in [0.4, 0.5) is 4.79 Å². The van der Waals surface area contributed by atoms with Crippen LogP contribution in [0.1, 0.15) is 33.3 Å². The molecule has 0 aliphatic heterocycles. The Morgan fingerprint density at radius 2 is 2.09 bits per heavy atom. The first-order valence-electron chi connectivity index (χ1n) is 7.56. The third-order valence-electron chi connectivity index (χ3n) is 3.00. The number of hydrogen-bond acceptors (Lipinski definition) is 3. The smallest absolute Gasteiger partial charge is 0.410 e. The van der Waals surface area contributed by atoms with Gasteiger partial charge in [-0.15, -0.1) is 0 Å². The van der Waals surface area contributed by atoms with Crippen molar-refractivity contribution in [2.45, 2.75) is 39.8 Å². The van der Waals surface area contributed by atoms with E-state index < -0.39 is 5.60 Å². The van der Waals surface area contributed by atoms with Gasteiger partial charge in [0, 0.05) is 24.6 Å². The minimum absolute atomic E-state index is 0.272. The van der Waals surface area contributed by atoms with Gasteiger partial charge in [-0.2, -0.15) is 0 Å². The number of amides is 1. The predicted molar refractivity (Wildman–Crippen MR) is 93.9 cm³/mol. The average Bonchev–Trinajstić information content (AvgIpc) is 2.36. The van der Waals surface area contributed by atoms with Crippen LogP contribution in [0.5, 0.6) is 0 Å². The van der Waals surface area contributed by atoms with Crippen molar-refractivity contribution in [1.29, 1.82) is 0 Å². The van der Waals surface area contributed by atoms with Crippen molar-refractivity contribution >= 4 is 22.0 Å². The number of ether oxygens (including phenoxy) is 1. The van der Waals surface area contributed by atoms with Gasteiger partial charge in [0.1, 0.15) is 5.60 Å². The molecule has 1 unspecified atom stereocenters. The molecule has 5 heteroatoms. The van der Waals surface area contributed by atoms with E-state index in [2.05, 4.69) is 40.3 Å². The highest BCUT2D eigenvalue weighted by Crippen LogP contribution is 2.12. The van der Waals surface area contributed by atoms with Gasteiger partial charge < -0.3 is 15.0 Å². The fraction of sp³-hybridized carbons (Fsp3) is 0.588. The van der Waals surface area contributed by atoms with Crippen LogP contribution in [0.25, 0.3) is 0 Å². The summed E-state index contributed by atoms with van der Waals surface area (Å²) in [5.74, 6) is 0.352. The van der Waals surface area contributed by atoms with Gasteiger partial charge in [-0.3, -0.25) is 0 Å². The standard InChI is InChI=1S/C17H27BrN2O2/c1-13(12-20(5)16(21)22-17(2,3)4)10-19-11-14-7-6-8-15(18)9-14/h6-9,13,19H,10-12H2,1-5H3. The molecule has 0 saturated carbocycles. The van der Waals surface area contributed by atoms with E-state index in [0.29, 0.717) is 12.5 Å². The number of nitrogens with one attached hydrogen (secondary N) is 1. The zero-order valence-corrected chi connectivity index (χ0v) is 15.7. The minimum atomic E-state index is -0.451. The van der Waals surface area contributed by atoms with E-state index in [1.807, 2.05) is 32.9 Å². The van der Waals surface area contributed by atoms with E-state index in [-0.39, 0.29) is 6.09 Å². The van der Waals surface area contributed by atoms with Crippen LogP contribution in [-0.4, -0.2) is 36.7 Å². The maximum absolute atomic E-state index is 11.9. The first-order chi connectivity index (χ1) is 10.2. The van der Waals surface area contributed by atoms with Crippen LogP contribution < -0.4 is 5.32 Å². The Bertz CT molecular complexity index is 486. The first-order valence-corrected chi connectivity index (χ1v) is 8.36. The molecular weight excluding hydrogens is 344 g/mol. The molecule has 0 radical (unpaired) electrons. The molecule has 4 nitrogen and oxygen atoms in total. The molecule has 124 valence electrons. The normalized spacial score (nSPS) is 12.8. The molecule has 1 rings (SSSR count). The van der Waals surface area contributed by atoms with E-state index in [9.17, 15) is 4.79 Å². The first kappa shape index (κ1) is 19.0. The second kappa shape index (κ2) is 8.53. The molecule has 0 aliphatic rings. The molecule has 22 heavy (non-hydrogen) atoms. The van der Waals surface area contributed by atoms with Crippen molar-refractivity contribution in [3.8, 4) is 0 Å². The zero-order chi connectivity index (χ0) is 16.8. The Kier molecular flexibility index (Phi) is 7.36. The summed E-state index contributed by atoms with van der Waals surface area (Å²) in [5, 5.41) is 3.42. The van der Waals surface area contributed by atoms with Crippen LogP contribution >= 0.6 is 15.9 Å². The molecule has 0 aromatic heterocycles. The largest absolute Gasteiger partial charge is 0.444 e. The van der Waals surface area contributed by atoms with E-state index >= 15 is 0 Å². The molecule has 0 spiro atoms. The van der Waals surface area contributed by atoms with Crippen molar-refractivity contribution in [2.24, 2.45) is 5.92 Å². The van der Waals surface area contributed by atoms with Crippen LogP contribution in [0.3, 0.4) is 0 Å². The van der Waals surface area contributed by atoms with Gasteiger partial charge >= 0.3 is 6.09 Å². The summed E-state index contributed by atoms with van der Waals surface area (Å²) in [5.41, 5.74) is 0.787. The molecule has 0 fully saturated rings. The maximum Gasteiger partial charge on any atom is 0.410 e. The topological polar surface area (TPSA) is 41.6 Å². The van der Waals surface area contributed by atoms with E-state index in [0.717, 1.165) is 17.6 Å². The SMILES string of the molecule is CC(CNCc1cccc(Br)c1)CN(C)C(=O)OC(C)(C)C. The lowest BCUT2D eigenvalue weighted by Gasteiger charge is -2.26. The number of rotatable bonds is 6. The summed E-state index contributed by atoms with van der Waals surface area (Å²) >= 11 is 3.47. The fourth-order valence-electron chi connectivity index (χ4n) is 2.06. The van der Waals surface area contributed by atoms with Crippen molar-refractivity contribution in [3.05, 3.63) is 34.3 Å². The fourth-order valence-corrected chi connectivity index (χ4v) is 2.50. The number of carbonyl (C=O) groups is 1. The molecule has 0 heterocycles. The Labute approximate surface area is 142 Å². The maximum atomic E-state index is 11.9. The van der Waals surface area contributed by atoms with Gasteiger partial charge in [-0.25, -0.2) is 4.79 Å². The Balaban J connectivity index is 2.31. The van der Waals surface area contributed by atoms with Crippen molar-refractivity contribution < 1.29 is 9.53 Å². The Morgan fingerprint density at radius 1 is 1.41 bits per heavy atom. The summed E-state index contributed by atoms with van der Waals surface area (Å²) in [6.45, 7) is 10.1. The van der Waals surface area contributed by atoms with E-state index in [1.165, 1.54) is 5.56 Å². The second-order valence-electron chi connectivity index (χ2n) is 6.73. The molecule has 1 amide bonds. The lowest BCUT2D eigenvalue weighted by Crippen LogP contribution is -2.38. The number of carbonyl (C=O) groups excluding carboxylic acids is 1. The van der Waals surface area contributed by atoms with Gasteiger partial charge in [-0.1, -0.05) is 35.0 Å². The summed E-state index contributed by atoms with van der Waals surface area (Å²) < 4.78 is 6.44. The van der Waals surface area contributed by atoms with Gasteiger partial charge in [0.2, 0.25) is 0 Å². The third kappa shape index (κ3) is 7.80. The van der Waals surface area contributed by atoms with E-state index in [1.54, 1.807) is 11.9 Å². The molecule has 1 atom stereocenters. The predicted octanol–water partition coefficient (Wildman–Crippen LogP) is 4.04. The van der Waals surface area contributed by atoms with Crippen molar-refractivity contribution in [2.75, 3.05) is 20.1 Å². The molecule has 1 N–H and O–H groups in total. The van der Waals surface area contributed by atoms with Crippen LogP contribution in [0.2, 0.25) is 0 Å². The number of halogens is 1. The highest BCUT2D eigenvalue weighted by molar-refractivity contribution is 9.10. The quantitative estimate of drug-likeness (QED) is 0.821. The number of benzene rings is 1. The second-order valence-corrected chi connectivity index (χ2v) is 7.64. The van der Waals surface area contributed by atoms with Gasteiger partial charge in [0.25, 0.3) is 0 Å². The van der Waals surface area contributed by atoms with Crippen molar-refractivity contribution in [3.63, 3.8) is 0 Å². The molecule has 1 aromatic carbocycles. The minimum Gasteiger partial charge on any atom is -0.444 e. The van der Waals surface area contributed by atoms with Crippen molar-refractivity contribution in [1.82, 2.24) is 10.2 Å². The van der Waals surface area contributed by atoms with Crippen LogP contribution in [0.15, 0.2) is 28.7 Å². The Morgan fingerprint density at radius 3 is 2.68 bits per heavy atom. The average molecular weight is 371 g/mol.